The topological polar surface area (TPSA) is 49.7 Å². The van der Waals surface area contributed by atoms with Crippen LogP contribution in [-0.4, -0.2) is 23.4 Å². The Morgan fingerprint density at radius 2 is 2.06 bits per heavy atom. The minimum atomic E-state index is 0.111. The Labute approximate surface area is 95.7 Å². The van der Waals surface area contributed by atoms with Gasteiger partial charge >= 0.3 is 0 Å². The zero-order valence-corrected chi connectivity index (χ0v) is 9.52. The Balaban J connectivity index is 2.16. The third-order valence-corrected chi connectivity index (χ3v) is 3.41. The molecule has 1 aliphatic carbocycles. The average molecular weight is 222 g/mol. The molecule has 2 unspecified atom stereocenters. The lowest BCUT2D eigenvalue weighted by atomic mass is 9.82. The Morgan fingerprint density at radius 3 is 2.75 bits per heavy atom. The summed E-state index contributed by atoms with van der Waals surface area (Å²) in [5.74, 6) is 0.654. The number of hydrogen-bond acceptors (Lipinski definition) is 3. The highest BCUT2D eigenvalue weighted by Crippen LogP contribution is 2.38. The van der Waals surface area contributed by atoms with Crippen molar-refractivity contribution in [3.05, 3.63) is 23.8 Å². The van der Waals surface area contributed by atoms with Crippen molar-refractivity contribution in [3.63, 3.8) is 0 Å². The Hall–Kier alpha value is -1.22. The lowest BCUT2D eigenvalue weighted by Gasteiger charge is -2.28. The van der Waals surface area contributed by atoms with E-state index in [-0.39, 0.29) is 11.5 Å². The molecule has 3 nitrogen and oxygen atoms in total. The van der Waals surface area contributed by atoms with E-state index in [0.717, 1.165) is 31.2 Å². The summed E-state index contributed by atoms with van der Waals surface area (Å²) in [7, 11) is 1.74. The highest BCUT2D eigenvalue weighted by molar-refractivity contribution is 5.41. The van der Waals surface area contributed by atoms with E-state index in [2.05, 4.69) is 0 Å². The number of rotatable bonds is 2. The van der Waals surface area contributed by atoms with E-state index >= 15 is 0 Å². The first kappa shape index (κ1) is 11.3. The molecule has 0 aromatic heterocycles. The molecule has 0 heterocycles. The quantitative estimate of drug-likeness (QED) is 0.809. The minimum Gasteiger partial charge on any atom is -0.508 e. The van der Waals surface area contributed by atoms with Crippen LogP contribution in [0.25, 0.3) is 0 Å². The van der Waals surface area contributed by atoms with Gasteiger partial charge in [-0.1, -0.05) is 12.5 Å². The maximum absolute atomic E-state index is 9.80. The van der Waals surface area contributed by atoms with E-state index in [9.17, 15) is 10.2 Å². The summed E-state index contributed by atoms with van der Waals surface area (Å²) < 4.78 is 5.38. The summed E-state index contributed by atoms with van der Waals surface area (Å²) >= 11 is 0. The molecule has 16 heavy (non-hydrogen) atoms. The van der Waals surface area contributed by atoms with Crippen LogP contribution in [0.1, 0.15) is 37.2 Å². The molecule has 3 heteroatoms. The van der Waals surface area contributed by atoms with Crippen LogP contribution in [0.2, 0.25) is 0 Å². The van der Waals surface area contributed by atoms with Gasteiger partial charge in [-0.2, -0.15) is 0 Å². The molecule has 88 valence electrons. The van der Waals surface area contributed by atoms with Crippen LogP contribution in [0.4, 0.5) is 0 Å². The number of phenolic OH excluding ortho intramolecular Hbond substituents is 2. The SMILES string of the molecule is COC1CCCC(c2ccc(O)cc2O)C1. The number of aromatic hydroxyl groups is 2. The first-order valence-corrected chi connectivity index (χ1v) is 5.75. The fourth-order valence-electron chi connectivity index (χ4n) is 2.52. The molecule has 1 aromatic carbocycles. The summed E-state index contributed by atoms with van der Waals surface area (Å²) in [5, 5.41) is 19.1. The molecular formula is C13H18O3. The first-order chi connectivity index (χ1) is 7.70. The number of phenols is 2. The van der Waals surface area contributed by atoms with E-state index in [1.54, 1.807) is 13.2 Å². The van der Waals surface area contributed by atoms with Crippen molar-refractivity contribution in [1.82, 2.24) is 0 Å². The zero-order chi connectivity index (χ0) is 11.5. The molecule has 1 fully saturated rings. The van der Waals surface area contributed by atoms with Gasteiger partial charge in [0.1, 0.15) is 11.5 Å². The normalized spacial score (nSPS) is 25.6. The van der Waals surface area contributed by atoms with Crippen molar-refractivity contribution < 1.29 is 14.9 Å². The summed E-state index contributed by atoms with van der Waals surface area (Å²) in [6, 6.07) is 4.85. The second kappa shape index (κ2) is 4.74. The highest BCUT2D eigenvalue weighted by atomic mass is 16.5. The van der Waals surface area contributed by atoms with Gasteiger partial charge < -0.3 is 14.9 Å². The van der Waals surface area contributed by atoms with E-state index < -0.39 is 0 Å². The van der Waals surface area contributed by atoms with E-state index in [0.29, 0.717) is 12.0 Å². The van der Waals surface area contributed by atoms with Gasteiger partial charge in [0, 0.05) is 13.2 Å². The van der Waals surface area contributed by atoms with Gasteiger partial charge in [0.25, 0.3) is 0 Å². The first-order valence-electron chi connectivity index (χ1n) is 5.75. The summed E-state index contributed by atoms with van der Waals surface area (Å²) in [6.45, 7) is 0. The third kappa shape index (κ3) is 2.30. The molecule has 2 N–H and O–H groups in total. The molecule has 1 aromatic rings. The van der Waals surface area contributed by atoms with Crippen molar-refractivity contribution in [3.8, 4) is 11.5 Å². The number of ether oxygens (including phenoxy) is 1. The van der Waals surface area contributed by atoms with Crippen molar-refractivity contribution in [2.24, 2.45) is 0 Å². The van der Waals surface area contributed by atoms with Crippen LogP contribution in [0, 0.1) is 0 Å². The summed E-state index contributed by atoms with van der Waals surface area (Å²) in [5.41, 5.74) is 0.930. The molecule has 0 spiro atoms. The lowest BCUT2D eigenvalue weighted by molar-refractivity contribution is 0.0632. The highest BCUT2D eigenvalue weighted by Gasteiger charge is 2.24. The van der Waals surface area contributed by atoms with Crippen LogP contribution in [0.15, 0.2) is 18.2 Å². The third-order valence-electron chi connectivity index (χ3n) is 3.41. The van der Waals surface area contributed by atoms with Crippen LogP contribution < -0.4 is 0 Å². The maximum atomic E-state index is 9.80. The molecule has 2 atom stereocenters. The minimum absolute atomic E-state index is 0.111. The van der Waals surface area contributed by atoms with Crippen LogP contribution in [0.3, 0.4) is 0 Å². The summed E-state index contributed by atoms with van der Waals surface area (Å²) in [4.78, 5) is 0. The van der Waals surface area contributed by atoms with Crippen LogP contribution in [-0.2, 0) is 4.74 Å². The number of hydrogen-bond donors (Lipinski definition) is 2. The number of benzene rings is 1. The molecule has 1 aliphatic rings. The lowest BCUT2D eigenvalue weighted by Crippen LogP contribution is -2.20. The van der Waals surface area contributed by atoms with Crippen molar-refractivity contribution in [2.45, 2.75) is 37.7 Å². The number of methoxy groups -OCH3 is 1. The smallest absolute Gasteiger partial charge is 0.122 e. The van der Waals surface area contributed by atoms with Crippen molar-refractivity contribution >= 4 is 0 Å². The molecule has 0 radical (unpaired) electrons. The summed E-state index contributed by atoms with van der Waals surface area (Å²) in [6.07, 6.45) is 4.56. The van der Waals surface area contributed by atoms with Crippen LogP contribution >= 0.6 is 0 Å². The Bertz CT molecular complexity index is 362. The maximum Gasteiger partial charge on any atom is 0.122 e. The fraction of sp³-hybridized carbons (Fsp3) is 0.538. The fourth-order valence-corrected chi connectivity index (χ4v) is 2.52. The van der Waals surface area contributed by atoms with Gasteiger partial charge in [-0.15, -0.1) is 0 Å². The standard InChI is InChI=1S/C13H18O3/c1-16-11-4-2-3-9(7-11)12-6-5-10(14)8-13(12)15/h5-6,8-9,11,14-15H,2-4,7H2,1H3. The van der Waals surface area contributed by atoms with E-state index in [1.807, 2.05) is 6.07 Å². The van der Waals surface area contributed by atoms with Crippen molar-refractivity contribution in [1.29, 1.82) is 0 Å². The molecular weight excluding hydrogens is 204 g/mol. The Morgan fingerprint density at radius 1 is 1.25 bits per heavy atom. The second-order valence-corrected chi connectivity index (χ2v) is 4.46. The zero-order valence-electron chi connectivity index (χ0n) is 9.52. The largest absolute Gasteiger partial charge is 0.508 e. The Kier molecular flexibility index (Phi) is 3.34. The van der Waals surface area contributed by atoms with Gasteiger partial charge in [0.2, 0.25) is 0 Å². The predicted octanol–water partition coefficient (Wildman–Crippen LogP) is 2.77. The second-order valence-electron chi connectivity index (χ2n) is 4.46. The molecule has 1 saturated carbocycles. The van der Waals surface area contributed by atoms with Gasteiger partial charge in [-0.25, -0.2) is 0 Å². The monoisotopic (exact) mass is 222 g/mol. The molecule has 2 rings (SSSR count). The van der Waals surface area contributed by atoms with Gasteiger partial charge in [0.05, 0.1) is 6.10 Å². The van der Waals surface area contributed by atoms with Gasteiger partial charge in [-0.3, -0.25) is 0 Å². The predicted molar refractivity (Wildman–Crippen MR) is 61.8 cm³/mol. The molecule has 0 amide bonds. The van der Waals surface area contributed by atoms with E-state index in [4.69, 9.17) is 4.74 Å². The van der Waals surface area contributed by atoms with Gasteiger partial charge in [-0.05, 0) is 36.8 Å². The average Bonchev–Trinajstić information content (AvgIpc) is 2.29. The van der Waals surface area contributed by atoms with Crippen molar-refractivity contribution in [2.75, 3.05) is 7.11 Å². The van der Waals surface area contributed by atoms with E-state index in [1.165, 1.54) is 6.07 Å². The van der Waals surface area contributed by atoms with Gasteiger partial charge in [0.15, 0.2) is 0 Å². The molecule has 0 bridgehead atoms. The van der Waals surface area contributed by atoms with Crippen LogP contribution in [0.5, 0.6) is 11.5 Å². The molecule has 0 saturated heterocycles. The molecule has 0 aliphatic heterocycles.